The molecule has 4 heteroatoms. The third kappa shape index (κ3) is 3.45. The van der Waals surface area contributed by atoms with Crippen LogP contribution in [0.2, 0.25) is 0 Å². The molecule has 0 atom stereocenters. The van der Waals surface area contributed by atoms with Gasteiger partial charge in [-0.25, -0.2) is 4.98 Å². The third-order valence-corrected chi connectivity index (χ3v) is 3.93. The Hall–Kier alpha value is -2.23. The summed E-state index contributed by atoms with van der Waals surface area (Å²) in [5, 5.41) is 3.56. The Bertz CT molecular complexity index is 548. The highest BCUT2D eigenvalue weighted by Crippen LogP contribution is 2.22. The number of nitrogens with one attached hydrogen (secondary N) is 1. The van der Waals surface area contributed by atoms with E-state index in [-0.39, 0.29) is 0 Å². The molecule has 2 heterocycles. The molecule has 1 aliphatic rings. The Morgan fingerprint density at radius 1 is 1.10 bits per heavy atom. The number of ether oxygens (including phenoxy) is 1. The molecule has 0 spiro atoms. The van der Waals surface area contributed by atoms with Gasteiger partial charge >= 0.3 is 0 Å². The molecular formula is C17H21N3O. The number of hydrogen-bond donors (Lipinski definition) is 1. The first-order valence-corrected chi connectivity index (χ1v) is 7.42. The minimum atomic E-state index is 0.514. The Labute approximate surface area is 125 Å². The molecule has 1 aromatic carbocycles. The van der Waals surface area contributed by atoms with Crippen molar-refractivity contribution in [1.29, 1.82) is 0 Å². The summed E-state index contributed by atoms with van der Waals surface area (Å²) >= 11 is 0. The average molecular weight is 283 g/mol. The number of hydrogen-bond acceptors (Lipinski definition) is 4. The van der Waals surface area contributed by atoms with E-state index < -0.39 is 0 Å². The summed E-state index contributed by atoms with van der Waals surface area (Å²) in [6.45, 7) is 2.18. The molecule has 21 heavy (non-hydrogen) atoms. The van der Waals surface area contributed by atoms with Crippen LogP contribution in [0.3, 0.4) is 0 Å². The number of rotatable bonds is 4. The highest BCUT2D eigenvalue weighted by molar-refractivity contribution is 5.47. The lowest BCUT2D eigenvalue weighted by Gasteiger charge is -2.34. The van der Waals surface area contributed by atoms with Crippen molar-refractivity contribution >= 4 is 11.4 Å². The fourth-order valence-corrected chi connectivity index (χ4v) is 2.74. The van der Waals surface area contributed by atoms with Crippen LogP contribution in [-0.4, -0.2) is 31.2 Å². The zero-order chi connectivity index (χ0) is 14.5. The standard InChI is InChI=1S/C17H21N3O/c1-21-17-8-7-15(13-18-17)19-14-9-11-20(12-10-14)16-5-3-2-4-6-16/h2-8,13-14,19H,9-12H2,1H3. The Balaban J connectivity index is 1.53. The third-order valence-electron chi connectivity index (χ3n) is 3.93. The molecule has 3 rings (SSSR count). The highest BCUT2D eigenvalue weighted by Gasteiger charge is 2.19. The number of aromatic nitrogens is 1. The van der Waals surface area contributed by atoms with Crippen LogP contribution in [0.15, 0.2) is 48.7 Å². The minimum Gasteiger partial charge on any atom is -0.481 e. The molecule has 0 radical (unpaired) electrons. The summed E-state index contributed by atoms with van der Waals surface area (Å²) in [5.41, 5.74) is 2.39. The molecule has 0 saturated carbocycles. The predicted octanol–water partition coefficient (Wildman–Crippen LogP) is 3.17. The van der Waals surface area contributed by atoms with E-state index in [1.807, 2.05) is 18.3 Å². The van der Waals surface area contributed by atoms with E-state index in [1.165, 1.54) is 5.69 Å². The van der Waals surface area contributed by atoms with Gasteiger partial charge in [0.15, 0.2) is 0 Å². The zero-order valence-corrected chi connectivity index (χ0v) is 12.3. The molecular weight excluding hydrogens is 262 g/mol. The first kappa shape index (κ1) is 13.7. The Morgan fingerprint density at radius 3 is 2.48 bits per heavy atom. The van der Waals surface area contributed by atoms with Crippen LogP contribution in [-0.2, 0) is 0 Å². The van der Waals surface area contributed by atoms with Crippen molar-refractivity contribution in [2.24, 2.45) is 0 Å². The van der Waals surface area contributed by atoms with Crippen molar-refractivity contribution in [3.05, 3.63) is 48.7 Å². The molecule has 0 bridgehead atoms. The molecule has 110 valence electrons. The van der Waals surface area contributed by atoms with Gasteiger partial charge in [-0.05, 0) is 31.0 Å². The lowest BCUT2D eigenvalue weighted by molar-refractivity contribution is 0.398. The van der Waals surface area contributed by atoms with E-state index in [4.69, 9.17) is 4.74 Å². The highest BCUT2D eigenvalue weighted by atomic mass is 16.5. The molecule has 0 unspecified atom stereocenters. The number of para-hydroxylation sites is 1. The SMILES string of the molecule is COc1ccc(NC2CCN(c3ccccc3)CC2)cn1. The summed E-state index contributed by atoms with van der Waals surface area (Å²) in [4.78, 5) is 6.68. The van der Waals surface area contributed by atoms with Crippen molar-refractivity contribution in [3.63, 3.8) is 0 Å². The van der Waals surface area contributed by atoms with Gasteiger partial charge in [-0.1, -0.05) is 18.2 Å². The van der Waals surface area contributed by atoms with Gasteiger partial charge in [-0.15, -0.1) is 0 Å². The topological polar surface area (TPSA) is 37.4 Å². The first-order chi connectivity index (χ1) is 10.3. The average Bonchev–Trinajstić information content (AvgIpc) is 2.57. The van der Waals surface area contributed by atoms with E-state index in [1.54, 1.807) is 7.11 Å². The summed E-state index contributed by atoms with van der Waals surface area (Å²) in [5.74, 6) is 0.652. The summed E-state index contributed by atoms with van der Waals surface area (Å²) in [6.07, 6.45) is 4.12. The van der Waals surface area contributed by atoms with Crippen molar-refractivity contribution < 1.29 is 4.74 Å². The molecule has 1 fully saturated rings. The van der Waals surface area contributed by atoms with Crippen molar-refractivity contribution in [2.45, 2.75) is 18.9 Å². The number of anilines is 2. The van der Waals surface area contributed by atoms with Gasteiger partial charge in [-0.3, -0.25) is 0 Å². The summed E-state index contributed by atoms with van der Waals surface area (Å²) < 4.78 is 5.08. The van der Waals surface area contributed by atoms with Crippen molar-refractivity contribution in [3.8, 4) is 5.88 Å². The number of methoxy groups -OCH3 is 1. The lowest BCUT2D eigenvalue weighted by atomic mass is 10.0. The van der Waals surface area contributed by atoms with Gasteiger partial charge in [0, 0.05) is 30.9 Å². The molecule has 0 aliphatic carbocycles. The van der Waals surface area contributed by atoms with E-state index >= 15 is 0 Å². The normalized spacial score (nSPS) is 15.8. The smallest absolute Gasteiger partial charge is 0.213 e. The molecule has 1 aliphatic heterocycles. The molecule has 1 N–H and O–H groups in total. The molecule has 1 saturated heterocycles. The van der Waals surface area contributed by atoms with Crippen LogP contribution >= 0.6 is 0 Å². The van der Waals surface area contributed by atoms with Crippen LogP contribution in [0.1, 0.15) is 12.8 Å². The molecule has 4 nitrogen and oxygen atoms in total. The number of pyridine rings is 1. The minimum absolute atomic E-state index is 0.514. The van der Waals surface area contributed by atoms with E-state index in [0.29, 0.717) is 11.9 Å². The maximum absolute atomic E-state index is 5.08. The predicted molar refractivity (Wildman–Crippen MR) is 86.1 cm³/mol. The number of benzene rings is 1. The van der Waals surface area contributed by atoms with Gasteiger partial charge in [0.25, 0.3) is 0 Å². The van der Waals surface area contributed by atoms with Crippen LogP contribution in [0, 0.1) is 0 Å². The summed E-state index contributed by atoms with van der Waals surface area (Å²) in [7, 11) is 1.63. The van der Waals surface area contributed by atoms with Crippen LogP contribution in [0.5, 0.6) is 5.88 Å². The van der Waals surface area contributed by atoms with Gasteiger partial charge in [0.05, 0.1) is 19.0 Å². The maximum atomic E-state index is 5.08. The van der Waals surface area contributed by atoms with E-state index in [9.17, 15) is 0 Å². The van der Waals surface area contributed by atoms with E-state index in [0.717, 1.165) is 31.6 Å². The zero-order valence-electron chi connectivity index (χ0n) is 12.3. The lowest BCUT2D eigenvalue weighted by Crippen LogP contribution is -2.39. The largest absolute Gasteiger partial charge is 0.481 e. The maximum Gasteiger partial charge on any atom is 0.213 e. The van der Waals surface area contributed by atoms with Gasteiger partial charge in [0.1, 0.15) is 0 Å². The van der Waals surface area contributed by atoms with Crippen molar-refractivity contribution in [2.75, 3.05) is 30.4 Å². The second kappa shape index (κ2) is 6.48. The fourth-order valence-electron chi connectivity index (χ4n) is 2.74. The number of piperidine rings is 1. The molecule has 2 aromatic rings. The van der Waals surface area contributed by atoms with Gasteiger partial charge < -0.3 is 15.0 Å². The van der Waals surface area contributed by atoms with E-state index in [2.05, 4.69) is 45.5 Å². The Kier molecular flexibility index (Phi) is 4.24. The molecule has 1 aromatic heterocycles. The van der Waals surface area contributed by atoms with Gasteiger partial charge in [0.2, 0.25) is 5.88 Å². The van der Waals surface area contributed by atoms with Crippen LogP contribution in [0.25, 0.3) is 0 Å². The summed E-state index contributed by atoms with van der Waals surface area (Å²) in [6, 6.07) is 15.1. The molecule has 0 amide bonds. The monoisotopic (exact) mass is 283 g/mol. The second-order valence-electron chi connectivity index (χ2n) is 5.33. The first-order valence-electron chi connectivity index (χ1n) is 7.42. The number of nitrogens with zero attached hydrogens (tertiary/aromatic N) is 2. The second-order valence-corrected chi connectivity index (χ2v) is 5.33. The van der Waals surface area contributed by atoms with Crippen molar-refractivity contribution in [1.82, 2.24) is 4.98 Å². The van der Waals surface area contributed by atoms with Crippen LogP contribution < -0.4 is 15.0 Å². The van der Waals surface area contributed by atoms with Gasteiger partial charge in [-0.2, -0.15) is 0 Å². The van der Waals surface area contributed by atoms with Crippen LogP contribution in [0.4, 0.5) is 11.4 Å². The quantitative estimate of drug-likeness (QED) is 0.935. The Morgan fingerprint density at radius 2 is 1.86 bits per heavy atom. The fraction of sp³-hybridized carbons (Fsp3) is 0.353.